The number of rotatable bonds is 12. The number of piperazine rings is 1. The minimum atomic E-state index is -1.16. The predicted octanol–water partition coefficient (Wildman–Crippen LogP) is 6.92. The van der Waals surface area contributed by atoms with Gasteiger partial charge >= 0.3 is 0 Å². The molecule has 2 atom stereocenters. The molecule has 13 heteroatoms. The summed E-state index contributed by atoms with van der Waals surface area (Å²) in [5.74, 6) is -0.159. The standard InChI is InChI=1S/C38H48ClFN4O5.2ClH/c1-38(2,3)25-44-31-15-14-27(39)22-29(31)35(49-33(37(44)46)23-34(45)41-24-26-10-6-7-12-30(26)40)28-11-8-13-32(36(28)47-5)48-21-9-16-43-19-17-42(4)18-20-43;;/h6-8,10-15,22,33,35H,9,16-21,23-25H2,1-5H3,(H,41,45);2*1H/t33-,35-;;/m0../s1. The average molecular weight is 768 g/mol. The summed E-state index contributed by atoms with van der Waals surface area (Å²) in [5, 5.41) is 3.24. The van der Waals surface area contributed by atoms with Gasteiger partial charge in [0.05, 0.1) is 20.1 Å². The molecule has 3 aromatic carbocycles. The van der Waals surface area contributed by atoms with Crippen molar-refractivity contribution in [1.82, 2.24) is 15.1 Å². The molecular formula is C38H50Cl3FN4O5. The molecule has 2 aliphatic heterocycles. The van der Waals surface area contributed by atoms with Crippen molar-refractivity contribution in [1.29, 1.82) is 0 Å². The first-order chi connectivity index (χ1) is 23.4. The third-order valence-corrected chi connectivity index (χ3v) is 9.04. The van der Waals surface area contributed by atoms with Gasteiger partial charge in [0.2, 0.25) is 5.91 Å². The maximum atomic E-state index is 14.3. The Morgan fingerprint density at radius 3 is 2.43 bits per heavy atom. The van der Waals surface area contributed by atoms with Crippen LogP contribution in [0, 0.1) is 11.2 Å². The number of amides is 2. The third-order valence-electron chi connectivity index (χ3n) is 8.81. The number of ether oxygens (including phenoxy) is 3. The van der Waals surface area contributed by atoms with Crippen molar-refractivity contribution in [2.24, 2.45) is 5.41 Å². The highest BCUT2D eigenvalue weighted by Crippen LogP contribution is 2.45. The Hall–Kier alpha value is -3.12. The summed E-state index contributed by atoms with van der Waals surface area (Å²) in [7, 11) is 3.73. The lowest BCUT2D eigenvalue weighted by Gasteiger charge is -2.32. The normalized spacial score (nSPS) is 18.2. The highest BCUT2D eigenvalue weighted by atomic mass is 35.5. The van der Waals surface area contributed by atoms with E-state index in [4.69, 9.17) is 25.8 Å². The lowest BCUT2D eigenvalue weighted by Crippen LogP contribution is -2.45. The van der Waals surface area contributed by atoms with Gasteiger partial charge in [-0.15, -0.1) is 24.8 Å². The molecule has 2 aliphatic rings. The molecule has 0 radical (unpaired) electrons. The van der Waals surface area contributed by atoms with Crippen molar-refractivity contribution in [3.63, 3.8) is 0 Å². The maximum absolute atomic E-state index is 14.3. The first kappa shape index (κ1) is 42.3. The lowest BCUT2D eigenvalue weighted by atomic mass is 9.94. The zero-order chi connectivity index (χ0) is 35.1. The van der Waals surface area contributed by atoms with Crippen molar-refractivity contribution in [3.05, 3.63) is 88.2 Å². The molecule has 1 saturated heterocycles. The van der Waals surface area contributed by atoms with Crippen LogP contribution in [-0.4, -0.2) is 87.8 Å². The van der Waals surface area contributed by atoms with Gasteiger partial charge in [-0.25, -0.2) is 4.39 Å². The van der Waals surface area contributed by atoms with Crippen molar-refractivity contribution in [3.8, 4) is 11.5 Å². The van der Waals surface area contributed by atoms with E-state index < -0.39 is 23.9 Å². The van der Waals surface area contributed by atoms with E-state index in [9.17, 15) is 14.0 Å². The Morgan fingerprint density at radius 2 is 1.75 bits per heavy atom. The summed E-state index contributed by atoms with van der Waals surface area (Å²) >= 11 is 6.58. The van der Waals surface area contributed by atoms with Crippen LogP contribution in [-0.2, 0) is 20.9 Å². The van der Waals surface area contributed by atoms with Crippen molar-refractivity contribution in [2.75, 3.05) is 64.9 Å². The fourth-order valence-corrected chi connectivity index (χ4v) is 6.45. The monoisotopic (exact) mass is 766 g/mol. The van der Waals surface area contributed by atoms with E-state index in [1.54, 1.807) is 42.3 Å². The number of anilines is 1. The number of nitrogens with one attached hydrogen (secondary N) is 1. The van der Waals surface area contributed by atoms with Crippen LogP contribution < -0.4 is 19.7 Å². The molecule has 9 nitrogen and oxygen atoms in total. The van der Waals surface area contributed by atoms with Gasteiger partial charge in [-0.05, 0) is 49.2 Å². The van der Waals surface area contributed by atoms with Crippen LogP contribution in [0.1, 0.15) is 56.4 Å². The largest absolute Gasteiger partial charge is 0.492 e. The molecular weight excluding hydrogens is 718 g/mol. The van der Waals surface area contributed by atoms with Crippen molar-refractivity contribution >= 4 is 53.9 Å². The highest BCUT2D eigenvalue weighted by Gasteiger charge is 2.40. The quantitative estimate of drug-likeness (QED) is 0.201. The van der Waals surface area contributed by atoms with Gasteiger partial charge in [0.25, 0.3) is 5.91 Å². The highest BCUT2D eigenvalue weighted by molar-refractivity contribution is 6.30. The maximum Gasteiger partial charge on any atom is 0.256 e. The molecule has 0 aromatic heterocycles. The number of likely N-dealkylation sites (N-methyl/N-ethyl adjacent to an activating group) is 1. The van der Waals surface area contributed by atoms with E-state index in [1.807, 2.05) is 45.0 Å². The van der Waals surface area contributed by atoms with E-state index in [-0.39, 0.29) is 49.1 Å². The number of nitrogens with zero attached hydrogens (tertiary/aromatic N) is 3. The van der Waals surface area contributed by atoms with Gasteiger partial charge in [-0.2, -0.15) is 0 Å². The average Bonchev–Trinajstić information content (AvgIpc) is 3.16. The number of halogens is 4. The number of hydrogen-bond donors (Lipinski definition) is 1. The fraction of sp³-hybridized carbons (Fsp3) is 0.474. The second kappa shape index (κ2) is 19.1. The molecule has 280 valence electrons. The Bertz CT molecular complexity index is 1620. The summed E-state index contributed by atoms with van der Waals surface area (Å²) < 4.78 is 33.2. The van der Waals surface area contributed by atoms with E-state index in [2.05, 4.69) is 22.2 Å². The van der Waals surface area contributed by atoms with Crippen LogP contribution in [0.25, 0.3) is 0 Å². The zero-order valence-corrected chi connectivity index (χ0v) is 32.3. The van der Waals surface area contributed by atoms with Gasteiger partial charge in [0.1, 0.15) is 18.0 Å². The van der Waals surface area contributed by atoms with Crippen LogP contribution >= 0.6 is 36.4 Å². The van der Waals surface area contributed by atoms with Crippen LogP contribution in [0.15, 0.2) is 60.7 Å². The van der Waals surface area contributed by atoms with Gasteiger partial charge in [0.15, 0.2) is 11.5 Å². The fourth-order valence-electron chi connectivity index (χ4n) is 6.27. The number of hydrogen-bond acceptors (Lipinski definition) is 7. The van der Waals surface area contributed by atoms with Crippen molar-refractivity contribution < 1.29 is 28.2 Å². The van der Waals surface area contributed by atoms with E-state index in [0.29, 0.717) is 52.1 Å². The van der Waals surface area contributed by atoms with Gasteiger partial charge in [-0.1, -0.05) is 62.7 Å². The van der Waals surface area contributed by atoms with Crippen LogP contribution in [0.5, 0.6) is 11.5 Å². The zero-order valence-electron chi connectivity index (χ0n) is 30.0. The topological polar surface area (TPSA) is 83.6 Å². The summed E-state index contributed by atoms with van der Waals surface area (Å²) in [6, 6.07) is 17.2. The van der Waals surface area contributed by atoms with Gasteiger partial charge in [-0.3, -0.25) is 9.59 Å². The molecule has 2 amide bonds. The molecule has 3 aromatic rings. The molecule has 2 heterocycles. The molecule has 5 rings (SSSR count). The molecule has 1 N–H and O–H groups in total. The Balaban J connectivity index is 0.00000351. The lowest BCUT2D eigenvalue weighted by molar-refractivity contribution is -0.138. The van der Waals surface area contributed by atoms with Crippen molar-refractivity contribution in [2.45, 2.75) is 52.4 Å². The van der Waals surface area contributed by atoms with Gasteiger partial charge < -0.3 is 34.2 Å². The first-order valence-corrected chi connectivity index (χ1v) is 17.3. The number of fused-ring (bicyclic) bond motifs is 1. The second-order valence-corrected chi connectivity index (χ2v) is 14.4. The summed E-state index contributed by atoms with van der Waals surface area (Å²) in [6.45, 7) is 12.2. The summed E-state index contributed by atoms with van der Waals surface area (Å²) in [4.78, 5) is 34.1. The molecule has 1 fully saturated rings. The molecule has 51 heavy (non-hydrogen) atoms. The number of carbonyl (C=O) groups excluding carboxylic acids is 2. The first-order valence-electron chi connectivity index (χ1n) is 16.9. The smallest absolute Gasteiger partial charge is 0.256 e. The SMILES string of the molecule is COc1c(OCCCN2CCN(C)CC2)cccc1[C@@H]1O[C@@H](CC(=O)NCc2ccccc2F)C(=O)N(CC(C)(C)C)c2ccc(Cl)cc21.Cl.Cl. The van der Waals surface area contributed by atoms with Gasteiger partial charge in [0, 0.05) is 73.2 Å². The molecule has 0 bridgehead atoms. The summed E-state index contributed by atoms with van der Waals surface area (Å²) in [6.07, 6.45) is -1.39. The minimum Gasteiger partial charge on any atom is -0.492 e. The Morgan fingerprint density at radius 1 is 1.02 bits per heavy atom. The number of benzene rings is 3. The van der Waals surface area contributed by atoms with E-state index in [1.165, 1.54) is 6.07 Å². The van der Waals surface area contributed by atoms with Crippen LogP contribution in [0.4, 0.5) is 10.1 Å². The number of methoxy groups -OCH3 is 1. The minimum absolute atomic E-state index is 0. The van der Waals surface area contributed by atoms with E-state index >= 15 is 0 Å². The predicted molar refractivity (Wildman–Crippen MR) is 204 cm³/mol. The molecule has 0 spiro atoms. The molecule has 0 saturated carbocycles. The third kappa shape index (κ3) is 11.2. The number of carbonyl (C=O) groups is 2. The molecule has 0 unspecified atom stereocenters. The van der Waals surface area contributed by atoms with E-state index in [0.717, 1.165) is 39.1 Å². The van der Waals surface area contributed by atoms with Crippen LogP contribution in [0.3, 0.4) is 0 Å². The second-order valence-electron chi connectivity index (χ2n) is 14.0. The Kier molecular flexibility index (Phi) is 15.8. The molecule has 0 aliphatic carbocycles. The summed E-state index contributed by atoms with van der Waals surface area (Å²) in [5.41, 5.74) is 2.03. The van der Waals surface area contributed by atoms with Crippen LogP contribution in [0.2, 0.25) is 5.02 Å². The Labute approximate surface area is 318 Å². The number of para-hydroxylation sites is 1.